The van der Waals surface area contributed by atoms with Gasteiger partial charge in [0.2, 0.25) is 5.89 Å². The molecule has 0 saturated carbocycles. The predicted octanol–water partition coefficient (Wildman–Crippen LogP) is 5.05. The van der Waals surface area contributed by atoms with E-state index in [0.29, 0.717) is 12.3 Å². The molecule has 0 amide bonds. The summed E-state index contributed by atoms with van der Waals surface area (Å²) in [5.41, 5.74) is 2.23. The van der Waals surface area contributed by atoms with Crippen LogP contribution in [0.5, 0.6) is 0 Å². The molecular weight excluding hydrogens is 382 g/mol. The van der Waals surface area contributed by atoms with Crippen LogP contribution in [0.3, 0.4) is 0 Å². The Kier molecular flexibility index (Phi) is 6.05. The molecule has 1 atom stereocenters. The van der Waals surface area contributed by atoms with Gasteiger partial charge in [0.15, 0.2) is 11.0 Å². The number of thioether (sulfide) groups is 1. The van der Waals surface area contributed by atoms with Crippen LogP contribution in [0.1, 0.15) is 48.6 Å². The lowest BCUT2D eigenvalue weighted by Gasteiger charge is -2.12. The first kappa shape index (κ1) is 19.4. The lowest BCUT2D eigenvalue weighted by Crippen LogP contribution is -2.04. The minimum absolute atomic E-state index is 0.0238. The summed E-state index contributed by atoms with van der Waals surface area (Å²) in [5.74, 6) is 2.27. The minimum atomic E-state index is -0.0238. The van der Waals surface area contributed by atoms with Crippen molar-refractivity contribution >= 4 is 11.8 Å². The van der Waals surface area contributed by atoms with Crippen LogP contribution >= 0.6 is 11.8 Å². The zero-order chi connectivity index (χ0) is 20.1. The number of benzene rings is 2. The van der Waals surface area contributed by atoms with Gasteiger partial charge in [-0.2, -0.15) is 4.98 Å². The van der Waals surface area contributed by atoms with E-state index in [1.54, 1.807) is 11.8 Å². The van der Waals surface area contributed by atoms with Gasteiger partial charge in [0.25, 0.3) is 0 Å². The van der Waals surface area contributed by atoms with Crippen LogP contribution in [0.2, 0.25) is 0 Å². The molecule has 4 rings (SSSR count). The maximum absolute atomic E-state index is 5.46. The van der Waals surface area contributed by atoms with Crippen molar-refractivity contribution in [1.29, 1.82) is 0 Å². The fraction of sp³-hybridized carbons (Fsp3) is 0.273. The van der Waals surface area contributed by atoms with Gasteiger partial charge in [0.05, 0.1) is 5.25 Å². The molecule has 148 valence electrons. The summed E-state index contributed by atoms with van der Waals surface area (Å²) < 4.78 is 7.57. The molecule has 4 aromatic rings. The minimum Gasteiger partial charge on any atom is -0.338 e. The highest BCUT2D eigenvalue weighted by atomic mass is 32.2. The van der Waals surface area contributed by atoms with Gasteiger partial charge in [0.1, 0.15) is 5.82 Å². The smallest absolute Gasteiger partial charge is 0.239 e. The van der Waals surface area contributed by atoms with Crippen molar-refractivity contribution in [3.8, 4) is 5.69 Å². The molecule has 6 nitrogen and oxygen atoms in total. The number of hydrogen-bond acceptors (Lipinski definition) is 6. The fourth-order valence-corrected chi connectivity index (χ4v) is 3.99. The maximum Gasteiger partial charge on any atom is 0.239 e. The summed E-state index contributed by atoms with van der Waals surface area (Å²) >= 11 is 1.57. The van der Waals surface area contributed by atoms with Crippen LogP contribution in [0.25, 0.3) is 5.69 Å². The second kappa shape index (κ2) is 9.05. The first-order valence-electron chi connectivity index (χ1n) is 9.77. The van der Waals surface area contributed by atoms with Crippen molar-refractivity contribution in [1.82, 2.24) is 24.9 Å². The SMILES string of the molecule is CCCc1noc(C(C)Sc2nnc(Cc3ccccc3)n2-c2ccccc2)n1. The molecule has 1 unspecified atom stereocenters. The predicted molar refractivity (Wildman–Crippen MR) is 113 cm³/mol. The van der Waals surface area contributed by atoms with Crippen LogP contribution in [0, 0.1) is 0 Å². The van der Waals surface area contributed by atoms with Crippen molar-refractivity contribution in [2.45, 2.75) is 43.5 Å². The zero-order valence-electron chi connectivity index (χ0n) is 16.5. The Morgan fingerprint density at radius 1 is 1.00 bits per heavy atom. The van der Waals surface area contributed by atoms with Crippen molar-refractivity contribution < 1.29 is 4.52 Å². The Morgan fingerprint density at radius 3 is 2.45 bits per heavy atom. The molecule has 0 N–H and O–H groups in total. The van der Waals surface area contributed by atoms with Gasteiger partial charge in [-0.05, 0) is 31.0 Å². The molecule has 2 aromatic carbocycles. The second-order valence-corrected chi connectivity index (χ2v) is 8.10. The van der Waals surface area contributed by atoms with Gasteiger partial charge in [0, 0.05) is 18.5 Å². The third-order valence-corrected chi connectivity index (χ3v) is 5.54. The molecule has 2 heterocycles. The molecular formula is C22H23N5OS. The summed E-state index contributed by atoms with van der Waals surface area (Å²) in [4.78, 5) is 4.52. The molecule has 0 aliphatic carbocycles. The average molecular weight is 406 g/mol. The normalized spacial score (nSPS) is 12.2. The lowest BCUT2D eigenvalue weighted by molar-refractivity contribution is 0.374. The third-order valence-electron chi connectivity index (χ3n) is 4.51. The van der Waals surface area contributed by atoms with E-state index in [2.05, 4.69) is 63.0 Å². The molecule has 0 bridgehead atoms. The number of aromatic nitrogens is 5. The molecule has 0 spiro atoms. The van der Waals surface area contributed by atoms with Gasteiger partial charge >= 0.3 is 0 Å². The first-order chi connectivity index (χ1) is 14.2. The van der Waals surface area contributed by atoms with E-state index < -0.39 is 0 Å². The second-order valence-electron chi connectivity index (χ2n) is 6.79. The highest BCUT2D eigenvalue weighted by Gasteiger charge is 2.21. The summed E-state index contributed by atoms with van der Waals surface area (Å²) in [6, 6.07) is 20.5. The van der Waals surface area contributed by atoms with Crippen molar-refractivity contribution in [3.05, 3.63) is 83.8 Å². The van der Waals surface area contributed by atoms with Crippen LogP contribution in [0.4, 0.5) is 0 Å². The Hall–Kier alpha value is -2.93. The summed E-state index contributed by atoms with van der Waals surface area (Å²) in [5, 5.41) is 13.8. The fourth-order valence-electron chi connectivity index (χ4n) is 3.07. The van der Waals surface area contributed by atoms with E-state index in [9.17, 15) is 0 Å². The van der Waals surface area contributed by atoms with E-state index >= 15 is 0 Å². The molecule has 29 heavy (non-hydrogen) atoms. The van der Waals surface area contributed by atoms with Crippen LogP contribution in [0.15, 0.2) is 70.3 Å². The van der Waals surface area contributed by atoms with Gasteiger partial charge < -0.3 is 4.52 Å². The number of para-hydroxylation sites is 1. The van der Waals surface area contributed by atoms with Crippen molar-refractivity contribution in [2.24, 2.45) is 0 Å². The molecule has 2 aromatic heterocycles. The number of nitrogens with zero attached hydrogens (tertiary/aromatic N) is 5. The molecule has 0 aliphatic rings. The number of hydrogen-bond donors (Lipinski definition) is 0. The van der Waals surface area contributed by atoms with E-state index in [-0.39, 0.29) is 5.25 Å². The Labute approximate surface area is 174 Å². The summed E-state index contributed by atoms with van der Waals surface area (Å²) in [7, 11) is 0. The quantitative estimate of drug-likeness (QED) is 0.382. The Balaban J connectivity index is 1.64. The molecule has 0 saturated heterocycles. The van der Waals surface area contributed by atoms with Gasteiger partial charge in [-0.1, -0.05) is 72.4 Å². The van der Waals surface area contributed by atoms with Crippen LogP contribution in [-0.2, 0) is 12.8 Å². The van der Waals surface area contributed by atoms with Crippen molar-refractivity contribution in [3.63, 3.8) is 0 Å². The monoisotopic (exact) mass is 405 g/mol. The van der Waals surface area contributed by atoms with Gasteiger partial charge in [-0.25, -0.2) is 0 Å². The van der Waals surface area contributed by atoms with E-state index in [1.807, 2.05) is 36.4 Å². The van der Waals surface area contributed by atoms with E-state index in [4.69, 9.17) is 4.52 Å². The molecule has 0 radical (unpaired) electrons. The summed E-state index contributed by atoms with van der Waals surface area (Å²) in [6.07, 6.45) is 2.52. The molecule has 0 aliphatic heterocycles. The Morgan fingerprint density at radius 2 is 1.72 bits per heavy atom. The highest BCUT2D eigenvalue weighted by molar-refractivity contribution is 7.99. The number of rotatable bonds is 8. The van der Waals surface area contributed by atoms with Crippen molar-refractivity contribution in [2.75, 3.05) is 0 Å². The zero-order valence-corrected chi connectivity index (χ0v) is 17.3. The molecule has 7 heteroatoms. The lowest BCUT2D eigenvalue weighted by atomic mass is 10.1. The average Bonchev–Trinajstić information content (AvgIpc) is 3.37. The highest BCUT2D eigenvalue weighted by Crippen LogP contribution is 2.34. The van der Waals surface area contributed by atoms with Gasteiger partial charge in [-0.15, -0.1) is 10.2 Å². The van der Waals surface area contributed by atoms with E-state index in [1.165, 1.54) is 5.56 Å². The topological polar surface area (TPSA) is 69.6 Å². The van der Waals surface area contributed by atoms with E-state index in [0.717, 1.165) is 35.3 Å². The Bertz CT molecular complexity index is 1050. The van der Waals surface area contributed by atoms with Crippen LogP contribution in [-0.4, -0.2) is 24.9 Å². The number of aryl methyl sites for hydroxylation is 1. The standard InChI is InChI=1S/C22H23N5OS/c1-3-10-19-23-21(28-26-19)16(2)29-22-25-24-20(15-17-11-6-4-7-12-17)27(22)18-13-8-5-9-14-18/h4-9,11-14,16H,3,10,15H2,1-2H3. The maximum atomic E-state index is 5.46. The molecule has 0 fully saturated rings. The first-order valence-corrected chi connectivity index (χ1v) is 10.7. The van der Waals surface area contributed by atoms with Crippen LogP contribution < -0.4 is 0 Å². The largest absolute Gasteiger partial charge is 0.338 e. The third kappa shape index (κ3) is 4.56. The summed E-state index contributed by atoms with van der Waals surface area (Å²) in [6.45, 7) is 4.15. The van der Waals surface area contributed by atoms with Gasteiger partial charge in [-0.3, -0.25) is 4.57 Å².